The minimum atomic E-state index is 0.526. The molecule has 0 saturated carbocycles. The van der Waals surface area contributed by atoms with Crippen molar-refractivity contribution in [3.63, 3.8) is 0 Å². The Labute approximate surface area is 104 Å². The van der Waals surface area contributed by atoms with Gasteiger partial charge in [0.15, 0.2) is 5.76 Å². The van der Waals surface area contributed by atoms with Gasteiger partial charge in [0.05, 0.1) is 11.6 Å². The number of anilines is 1. The largest absolute Gasteiger partial charge is 0.492 e. The van der Waals surface area contributed by atoms with Gasteiger partial charge in [-0.15, -0.1) is 0 Å². The minimum Gasteiger partial charge on any atom is -0.492 e. The zero-order chi connectivity index (χ0) is 12.4. The van der Waals surface area contributed by atoms with Gasteiger partial charge >= 0.3 is 0 Å². The number of nitrogen functional groups attached to an aromatic ring is 1. The van der Waals surface area contributed by atoms with Crippen LogP contribution in [0.25, 0.3) is 11.3 Å². The normalized spacial score (nSPS) is 10.5. The standard InChI is InChI=1S/C12H13ClN2O2/c1-3-16-10-5-4-8(6-9(10)13)12-11(14)7(2)15-17-12/h4-6H,3,14H2,1-2H3. The molecule has 2 N–H and O–H groups in total. The lowest BCUT2D eigenvalue weighted by Gasteiger charge is -2.06. The van der Waals surface area contributed by atoms with Crippen molar-refractivity contribution >= 4 is 17.3 Å². The second kappa shape index (κ2) is 4.67. The number of rotatable bonds is 3. The zero-order valence-electron chi connectivity index (χ0n) is 9.66. The molecule has 17 heavy (non-hydrogen) atoms. The van der Waals surface area contributed by atoms with Crippen molar-refractivity contribution in [3.05, 3.63) is 28.9 Å². The lowest BCUT2D eigenvalue weighted by atomic mass is 10.1. The zero-order valence-corrected chi connectivity index (χ0v) is 10.4. The SMILES string of the molecule is CCOc1ccc(-c2onc(C)c2N)cc1Cl. The average molecular weight is 253 g/mol. The van der Waals surface area contributed by atoms with E-state index < -0.39 is 0 Å². The molecule has 0 fully saturated rings. The van der Waals surface area contributed by atoms with Gasteiger partial charge in [-0.3, -0.25) is 0 Å². The van der Waals surface area contributed by atoms with E-state index in [0.29, 0.717) is 34.5 Å². The molecule has 0 spiro atoms. The lowest BCUT2D eigenvalue weighted by Crippen LogP contribution is -1.93. The maximum absolute atomic E-state index is 6.09. The predicted octanol–water partition coefficient (Wildman–Crippen LogP) is 3.28. The van der Waals surface area contributed by atoms with Crippen LogP contribution in [0.15, 0.2) is 22.7 Å². The highest BCUT2D eigenvalue weighted by atomic mass is 35.5. The van der Waals surface area contributed by atoms with E-state index in [0.717, 1.165) is 5.56 Å². The predicted molar refractivity (Wildman–Crippen MR) is 67.3 cm³/mol. The summed E-state index contributed by atoms with van der Waals surface area (Å²) in [5.41, 5.74) is 7.84. The van der Waals surface area contributed by atoms with E-state index in [-0.39, 0.29) is 0 Å². The Kier molecular flexibility index (Phi) is 3.24. The molecule has 0 saturated heterocycles. The average Bonchev–Trinajstić information content (AvgIpc) is 2.63. The molecule has 0 aliphatic carbocycles. The Balaban J connectivity index is 2.41. The third-order valence-corrected chi connectivity index (χ3v) is 2.70. The number of halogens is 1. The van der Waals surface area contributed by atoms with Crippen molar-refractivity contribution in [2.75, 3.05) is 12.3 Å². The number of hydrogen-bond donors (Lipinski definition) is 1. The van der Waals surface area contributed by atoms with Gasteiger partial charge < -0.3 is 15.0 Å². The first-order valence-corrected chi connectivity index (χ1v) is 5.65. The van der Waals surface area contributed by atoms with Crippen molar-refractivity contribution < 1.29 is 9.26 Å². The molecule has 0 aliphatic heterocycles. The number of nitrogens with two attached hydrogens (primary N) is 1. The number of ether oxygens (including phenoxy) is 1. The van der Waals surface area contributed by atoms with Gasteiger partial charge in [-0.2, -0.15) is 0 Å². The molecule has 0 bridgehead atoms. The van der Waals surface area contributed by atoms with Gasteiger partial charge in [-0.1, -0.05) is 16.8 Å². The van der Waals surface area contributed by atoms with Crippen LogP contribution < -0.4 is 10.5 Å². The number of benzene rings is 1. The summed E-state index contributed by atoms with van der Waals surface area (Å²) in [7, 11) is 0. The van der Waals surface area contributed by atoms with Crippen LogP contribution >= 0.6 is 11.6 Å². The molecular weight excluding hydrogens is 240 g/mol. The van der Waals surface area contributed by atoms with Crippen LogP contribution in [0.4, 0.5) is 5.69 Å². The first-order chi connectivity index (χ1) is 8.13. The summed E-state index contributed by atoms with van der Waals surface area (Å²) in [6.07, 6.45) is 0. The monoisotopic (exact) mass is 252 g/mol. The smallest absolute Gasteiger partial charge is 0.190 e. The molecule has 1 aromatic heterocycles. The van der Waals surface area contributed by atoms with Gasteiger partial charge in [-0.25, -0.2) is 0 Å². The summed E-state index contributed by atoms with van der Waals surface area (Å²) in [6, 6.07) is 5.38. The van der Waals surface area contributed by atoms with E-state index in [1.807, 2.05) is 13.0 Å². The van der Waals surface area contributed by atoms with Crippen LogP contribution in [-0.2, 0) is 0 Å². The van der Waals surface area contributed by atoms with Crippen molar-refractivity contribution in [2.24, 2.45) is 0 Å². The Morgan fingerprint density at radius 1 is 1.47 bits per heavy atom. The summed E-state index contributed by atoms with van der Waals surface area (Å²) in [4.78, 5) is 0. The topological polar surface area (TPSA) is 61.3 Å². The lowest BCUT2D eigenvalue weighted by molar-refractivity contribution is 0.340. The second-order valence-electron chi connectivity index (χ2n) is 3.59. The molecule has 5 heteroatoms. The van der Waals surface area contributed by atoms with Crippen molar-refractivity contribution in [2.45, 2.75) is 13.8 Å². The van der Waals surface area contributed by atoms with E-state index in [1.165, 1.54) is 0 Å². The fourth-order valence-corrected chi connectivity index (χ4v) is 1.73. The molecule has 1 heterocycles. The first-order valence-electron chi connectivity index (χ1n) is 5.28. The second-order valence-corrected chi connectivity index (χ2v) is 4.00. The van der Waals surface area contributed by atoms with Crippen LogP contribution in [0.3, 0.4) is 0 Å². The van der Waals surface area contributed by atoms with Gasteiger partial charge in [0, 0.05) is 5.56 Å². The third kappa shape index (κ3) is 2.22. The van der Waals surface area contributed by atoms with E-state index in [1.54, 1.807) is 19.1 Å². The molecule has 0 radical (unpaired) electrons. The molecule has 2 rings (SSSR count). The Bertz CT molecular complexity index is 537. The summed E-state index contributed by atoms with van der Waals surface area (Å²) in [5.74, 6) is 1.18. The Morgan fingerprint density at radius 2 is 2.24 bits per heavy atom. The highest BCUT2D eigenvalue weighted by molar-refractivity contribution is 6.32. The van der Waals surface area contributed by atoms with Gasteiger partial charge in [0.1, 0.15) is 17.1 Å². The Hall–Kier alpha value is -1.68. The summed E-state index contributed by atoms with van der Waals surface area (Å²) < 4.78 is 10.5. The molecular formula is C12H13ClN2O2. The summed E-state index contributed by atoms with van der Waals surface area (Å²) in [5, 5.41) is 4.33. The van der Waals surface area contributed by atoms with E-state index in [2.05, 4.69) is 5.16 Å². The maximum Gasteiger partial charge on any atom is 0.190 e. The molecule has 1 aromatic carbocycles. The van der Waals surface area contributed by atoms with Crippen LogP contribution in [0, 0.1) is 6.92 Å². The first kappa shape index (κ1) is 11.8. The molecule has 0 aliphatic rings. The van der Waals surface area contributed by atoms with Crippen LogP contribution in [0.1, 0.15) is 12.6 Å². The molecule has 0 unspecified atom stereocenters. The molecule has 2 aromatic rings. The van der Waals surface area contributed by atoms with E-state index in [9.17, 15) is 0 Å². The maximum atomic E-state index is 6.09. The molecule has 4 nitrogen and oxygen atoms in total. The fraction of sp³-hybridized carbons (Fsp3) is 0.250. The van der Waals surface area contributed by atoms with Gasteiger partial charge in [0.2, 0.25) is 0 Å². The third-order valence-electron chi connectivity index (χ3n) is 2.40. The highest BCUT2D eigenvalue weighted by Gasteiger charge is 2.13. The van der Waals surface area contributed by atoms with Crippen molar-refractivity contribution in [3.8, 4) is 17.1 Å². The van der Waals surface area contributed by atoms with Crippen molar-refractivity contribution in [1.82, 2.24) is 5.16 Å². The van der Waals surface area contributed by atoms with Gasteiger partial charge in [0.25, 0.3) is 0 Å². The number of hydrogen-bond acceptors (Lipinski definition) is 4. The van der Waals surface area contributed by atoms with Crippen molar-refractivity contribution in [1.29, 1.82) is 0 Å². The summed E-state index contributed by atoms with van der Waals surface area (Å²) >= 11 is 6.09. The van der Waals surface area contributed by atoms with Crippen LogP contribution in [-0.4, -0.2) is 11.8 Å². The highest BCUT2D eigenvalue weighted by Crippen LogP contribution is 2.33. The Morgan fingerprint density at radius 3 is 2.76 bits per heavy atom. The van der Waals surface area contributed by atoms with E-state index in [4.69, 9.17) is 26.6 Å². The van der Waals surface area contributed by atoms with Crippen LogP contribution in [0.5, 0.6) is 5.75 Å². The fourth-order valence-electron chi connectivity index (χ4n) is 1.50. The number of aromatic nitrogens is 1. The molecule has 0 atom stereocenters. The van der Waals surface area contributed by atoms with Gasteiger partial charge in [-0.05, 0) is 32.0 Å². The minimum absolute atomic E-state index is 0.526. The molecule has 0 amide bonds. The molecule has 90 valence electrons. The number of aryl methyl sites for hydroxylation is 1. The van der Waals surface area contributed by atoms with E-state index >= 15 is 0 Å². The quantitative estimate of drug-likeness (QED) is 0.911. The number of nitrogens with zero attached hydrogens (tertiary/aromatic N) is 1. The van der Waals surface area contributed by atoms with Crippen LogP contribution in [0.2, 0.25) is 5.02 Å². The summed E-state index contributed by atoms with van der Waals surface area (Å²) in [6.45, 7) is 4.27.